The minimum absolute atomic E-state index is 0.0685. The fourth-order valence-electron chi connectivity index (χ4n) is 7.83. The van der Waals surface area contributed by atoms with Crippen molar-refractivity contribution in [3.63, 3.8) is 0 Å². The number of nitrogens with two attached hydrogens (primary N) is 1. The van der Waals surface area contributed by atoms with E-state index in [4.69, 9.17) is 10.5 Å². The lowest BCUT2D eigenvalue weighted by atomic mass is 9.83. The second-order valence-corrected chi connectivity index (χ2v) is 15.2. The maximum absolute atomic E-state index is 14.5. The topological polar surface area (TPSA) is 177 Å². The number of esters is 1. The van der Waals surface area contributed by atoms with E-state index in [0.717, 1.165) is 50.5 Å². The van der Waals surface area contributed by atoms with Crippen molar-refractivity contribution in [3.05, 3.63) is 35.9 Å². The van der Waals surface area contributed by atoms with Gasteiger partial charge in [-0.05, 0) is 59.8 Å². The molecule has 1 heterocycles. The van der Waals surface area contributed by atoms with Gasteiger partial charge in [-0.25, -0.2) is 9.59 Å². The number of benzene rings is 1. The summed E-state index contributed by atoms with van der Waals surface area (Å²) >= 11 is 0. The van der Waals surface area contributed by atoms with E-state index in [2.05, 4.69) is 29.8 Å². The van der Waals surface area contributed by atoms with Crippen LogP contribution in [0.3, 0.4) is 0 Å². The molecule has 1 aliphatic heterocycles. The molecule has 4 fully saturated rings. The summed E-state index contributed by atoms with van der Waals surface area (Å²) < 4.78 is 5.52. The lowest BCUT2D eigenvalue weighted by molar-refractivity contribution is -0.148. The lowest BCUT2D eigenvalue weighted by Crippen LogP contribution is -2.61. The molecule has 0 radical (unpaired) electrons. The molecule has 0 spiro atoms. The lowest BCUT2D eigenvalue weighted by Gasteiger charge is -2.37. The summed E-state index contributed by atoms with van der Waals surface area (Å²) in [6.07, 6.45) is 6.52. The zero-order chi connectivity index (χ0) is 34.7. The SMILES string of the molecule is CC(C)[C@@H](NC(=O)N[C@H](C(=O)N1C[C@H]2[C@@H]([C@H]1C(=O)NC(CC1CC1)C(=O)C(N)=O)C2(C)C)C1CCCCC1)C(=O)OCc1ccccc1. The quantitative estimate of drug-likeness (QED) is 0.174. The Morgan fingerprint density at radius 2 is 1.60 bits per heavy atom. The highest BCUT2D eigenvalue weighted by Crippen LogP contribution is 2.65. The Labute approximate surface area is 282 Å². The number of carbonyl (C=O) groups is 6. The number of fused-ring (bicyclic) bond motifs is 1. The summed E-state index contributed by atoms with van der Waals surface area (Å²) in [4.78, 5) is 81.0. The van der Waals surface area contributed by atoms with Gasteiger partial charge in [0.2, 0.25) is 17.6 Å². The monoisotopic (exact) mass is 665 g/mol. The number of hydrogen-bond acceptors (Lipinski definition) is 7. The zero-order valence-corrected chi connectivity index (χ0v) is 28.5. The Hall–Kier alpha value is -3.96. The van der Waals surface area contributed by atoms with Crippen molar-refractivity contribution < 1.29 is 33.5 Å². The molecule has 262 valence electrons. The maximum atomic E-state index is 14.5. The zero-order valence-electron chi connectivity index (χ0n) is 28.5. The highest BCUT2D eigenvalue weighted by atomic mass is 16.5. The predicted octanol–water partition coefficient (Wildman–Crippen LogP) is 2.82. The smallest absolute Gasteiger partial charge is 0.329 e. The highest BCUT2D eigenvalue weighted by molar-refractivity contribution is 6.37. The third kappa shape index (κ3) is 8.01. The third-order valence-electron chi connectivity index (χ3n) is 11.0. The number of Topliss-reactive ketones (excluding diaryl/α,β-unsaturated/α-hetero) is 1. The van der Waals surface area contributed by atoms with Gasteiger partial charge in [0, 0.05) is 6.54 Å². The fourth-order valence-corrected chi connectivity index (χ4v) is 7.83. The molecule has 0 bridgehead atoms. The van der Waals surface area contributed by atoms with Gasteiger partial charge in [-0.2, -0.15) is 0 Å². The molecular formula is C36H51N5O7. The van der Waals surface area contributed by atoms with Gasteiger partial charge in [-0.15, -0.1) is 0 Å². The van der Waals surface area contributed by atoms with E-state index in [9.17, 15) is 28.8 Å². The van der Waals surface area contributed by atoms with Gasteiger partial charge in [-0.1, -0.05) is 90.1 Å². The minimum Gasteiger partial charge on any atom is -0.459 e. The van der Waals surface area contributed by atoms with E-state index >= 15 is 0 Å². The van der Waals surface area contributed by atoms with Crippen molar-refractivity contribution in [2.45, 2.75) is 110 Å². The standard InChI is InChI=1S/C36H51N5O7/c1-20(2)27(34(46)48-19-22-11-7-5-8-12-22)39-35(47)40-28(23-13-9-6-10-14-23)33(45)41-18-24-26(36(24,3)4)29(41)32(44)38-25(17-21-15-16-21)30(42)31(37)43/h5,7-8,11-12,20-21,23-29H,6,9-10,13-19H2,1-4H3,(H2,37,43)(H,38,44)(H2,39,40,47)/t24-,25?,26-,27+,28-,29-/m0/s1. The molecular weight excluding hydrogens is 614 g/mol. The number of nitrogens with one attached hydrogen (secondary N) is 3. The summed E-state index contributed by atoms with van der Waals surface area (Å²) in [6, 6.07) is 4.86. The number of piperidine rings is 1. The summed E-state index contributed by atoms with van der Waals surface area (Å²) in [5.74, 6) is -3.57. The number of ketones is 1. The van der Waals surface area contributed by atoms with Crippen LogP contribution in [0.4, 0.5) is 4.79 Å². The first-order chi connectivity index (χ1) is 22.8. The van der Waals surface area contributed by atoms with Gasteiger partial charge < -0.3 is 31.3 Å². The van der Waals surface area contributed by atoms with Crippen molar-refractivity contribution in [3.8, 4) is 0 Å². The number of hydrogen-bond donors (Lipinski definition) is 4. The van der Waals surface area contributed by atoms with Gasteiger partial charge in [0.1, 0.15) is 24.7 Å². The van der Waals surface area contributed by atoms with Crippen LogP contribution in [0.25, 0.3) is 0 Å². The average molecular weight is 666 g/mol. The van der Waals surface area contributed by atoms with Gasteiger partial charge >= 0.3 is 12.0 Å². The molecule has 0 aromatic heterocycles. The molecule has 12 nitrogen and oxygen atoms in total. The van der Waals surface area contributed by atoms with Gasteiger partial charge in [0.25, 0.3) is 5.91 Å². The van der Waals surface area contributed by atoms with Gasteiger partial charge in [0.05, 0.1) is 6.04 Å². The van der Waals surface area contributed by atoms with E-state index in [1.165, 1.54) is 0 Å². The fraction of sp³-hybridized carbons (Fsp3) is 0.667. The van der Waals surface area contributed by atoms with Gasteiger partial charge in [-0.3, -0.25) is 19.2 Å². The first-order valence-electron chi connectivity index (χ1n) is 17.5. The van der Waals surface area contributed by atoms with Crippen molar-refractivity contribution in [2.75, 3.05) is 6.54 Å². The van der Waals surface area contributed by atoms with Crippen molar-refractivity contribution in [1.82, 2.24) is 20.9 Å². The molecule has 48 heavy (non-hydrogen) atoms. The van der Waals surface area contributed by atoms with Crippen LogP contribution in [0.2, 0.25) is 0 Å². The van der Waals surface area contributed by atoms with E-state index in [-0.39, 0.29) is 47.5 Å². The first-order valence-corrected chi connectivity index (χ1v) is 17.5. The first kappa shape index (κ1) is 35.3. The molecule has 1 unspecified atom stereocenters. The van der Waals surface area contributed by atoms with Crippen LogP contribution in [0.5, 0.6) is 0 Å². The number of primary amides is 1. The summed E-state index contributed by atoms with van der Waals surface area (Å²) in [6.45, 7) is 8.15. The summed E-state index contributed by atoms with van der Waals surface area (Å²) in [7, 11) is 0. The second kappa shape index (κ2) is 14.7. The van der Waals surface area contributed by atoms with Crippen molar-refractivity contribution in [1.29, 1.82) is 0 Å². The average Bonchev–Trinajstić information content (AvgIpc) is 3.92. The number of ether oxygens (including phenoxy) is 1. The Morgan fingerprint density at radius 3 is 2.21 bits per heavy atom. The summed E-state index contributed by atoms with van der Waals surface area (Å²) in [5, 5.41) is 8.44. The summed E-state index contributed by atoms with van der Waals surface area (Å²) in [5.41, 5.74) is 5.96. The number of amides is 5. The molecule has 1 aromatic carbocycles. The van der Waals surface area contributed by atoms with E-state index < -0.39 is 53.8 Å². The highest BCUT2D eigenvalue weighted by Gasteiger charge is 2.69. The molecule has 4 aliphatic rings. The van der Waals surface area contributed by atoms with Crippen LogP contribution >= 0.6 is 0 Å². The molecule has 12 heteroatoms. The van der Waals surface area contributed by atoms with Crippen LogP contribution in [0.1, 0.15) is 84.6 Å². The van der Waals surface area contributed by atoms with Gasteiger partial charge in [0.15, 0.2) is 0 Å². The molecule has 1 aromatic rings. The van der Waals surface area contributed by atoms with Crippen LogP contribution in [0.15, 0.2) is 30.3 Å². The molecule has 3 saturated carbocycles. The number of carbonyl (C=O) groups excluding carboxylic acids is 6. The molecule has 3 aliphatic carbocycles. The Kier molecular flexibility index (Phi) is 10.8. The number of rotatable bonds is 14. The minimum atomic E-state index is -1.10. The van der Waals surface area contributed by atoms with Crippen LogP contribution in [-0.2, 0) is 35.3 Å². The largest absolute Gasteiger partial charge is 0.459 e. The molecule has 6 atom stereocenters. The van der Waals surface area contributed by atoms with E-state index in [0.29, 0.717) is 13.0 Å². The normalized spacial score (nSPS) is 24.9. The Balaban J connectivity index is 1.31. The number of likely N-dealkylation sites (tertiary alicyclic amines) is 1. The molecule has 5 amide bonds. The molecule has 5 rings (SSSR count). The van der Waals surface area contributed by atoms with Crippen molar-refractivity contribution in [2.24, 2.45) is 40.7 Å². The van der Waals surface area contributed by atoms with Crippen molar-refractivity contribution >= 4 is 35.5 Å². The predicted molar refractivity (Wildman–Crippen MR) is 177 cm³/mol. The Morgan fingerprint density at radius 1 is 0.938 bits per heavy atom. The molecule has 5 N–H and O–H groups in total. The number of urea groups is 1. The van der Waals surface area contributed by atoms with Crippen LogP contribution < -0.4 is 21.7 Å². The Bertz CT molecular complexity index is 1390. The van der Waals surface area contributed by atoms with Crippen LogP contribution in [-0.4, -0.2) is 71.1 Å². The van der Waals surface area contributed by atoms with E-state index in [1.807, 2.05) is 30.3 Å². The third-order valence-corrected chi connectivity index (χ3v) is 11.0. The van der Waals surface area contributed by atoms with Crippen LogP contribution in [0, 0.1) is 35.0 Å². The maximum Gasteiger partial charge on any atom is 0.329 e. The molecule has 1 saturated heterocycles. The number of nitrogens with zero attached hydrogens (tertiary/aromatic N) is 1. The van der Waals surface area contributed by atoms with E-state index in [1.54, 1.807) is 18.7 Å². The second-order valence-electron chi connectivity index (χ2n) is 15.2.